The Morgan fingerprint density at radius 1 is 1.35 bits per heavy atom. The van der Waals surface area contributed by atoms with Crippen LogP contribution < -0.4 is 22.1 Å². The quantitative estimate of drug-likeness (QED) is 0.316. The molecule has 0 aliphatic heterocycles. The van der Waals surface area contributed by atoms with E-state index in [1.807, 2.05) is 30.7 Å². The maximum Gasteiger partial charge on any atom is 0.237 e. The molecule has 0 saturated heterocycles. The molecule has 3 rings (SSSR count). The number of thioether (sulfide) groups is 1. The zero-order valence-electron chi connectivity index (χ0n) is 17.9. The van der Waals surface area contributed by atoms with Crippen molar-refractivity contribution in [2.24, 2.45) is 5.73 Å². The van der Waals surface area contributed by atoms with Crippen LogP contribution in [0, 0.1) is 13.3 Å². The molecule has 2 aromatic heterocycles. The Hall–Kier alpha value is -2.36. The average molecular weight is 442 g/mol. The molecule has 0 aliphatic carbocycles. The highest BCUT2D eigenvalue weighted by atomic mass is 32.2. The summed E-state index contributed by atoms with van der Waals surface area (Å²) in [5.74, 6) is 2.58. The number of nitrogens with one attached hydrogen (secondary N) is 2. The van der Waals surface area contributed by atoms with Gasteiger partial charge in [0.15, 0.2) is 5.82 Å². The van der Waals surface area contributed by atoms with Gasteiger partial charge in [0.1, 0.15) is 11.3 Å². The number of imidazole rings is 1. The lowest BCUT2D eigenvalue weighted by Gasteiger charge is -2.14. The van der Waals surface area contributed by atoms with Crippen molar-refractivity contribution in [3.8, 4) is 0 Å². The lowest BCUT2D eigenvalue weighted by molar-refractivity contribution is -0.121. The fraction of sp³-hybridized carbons (Fsp3) is 0.409. The van der Waals surface area contributed by atoms with Crippen LogP contribution in [0.1, 0.15) is 19.2 Å². The van der Waals surface area contributed by atoms with Crippen molar-refractivity contribution in [1.29, 1.82) is 0 Å². The molecular weight excluding hydrogens is 410 g/mol. The third-order valence-electron chi connectivity index (χ3n) is 4.95. The number of carbonyl (C=O) groups excluding carboxylic acids is 1. The first-order chi connectivity index (χ1) is 15.1. The number of anilines is 1. The largest absolute Gasteiger partial charge is 0.382 e. The summed E-state index contributed by atoms with van der Waals surface area (Å²) >= 11 is 1.60. The highest BCUT2D eigenvalue weighted by Crippen LogP contribution is 2.28. The molecule has 2 heterocycles. The molecule has 0 spiro atoms. The van der Waals surface area contributed by atoms with Crippen molar-refractivity contribution >= 4 is 45.4 Å². The number of pyridine rings is 1. The number of nitrogens with two attached hydrogens (primary N) is 2. The molecule has 0 unspecified atom stereocenters. The van der Waals surface area contributed by atoms with Gasteiger partial charge in [0.25, 0.3) is 0 Å². The highest BCUT2D eigenvalue weighted by molar-refractivity contribution is 7.99. The normalized spacial score (nSPS) is 12.5. The Kier molecular flexibility index (Phi) is 8.51. The minimum absolute atomic E-state index is 0.126. The van der Waals surface area contributed by atoms with Crippen molar-refractivity contribution in [2.45, 2.75) is 32.5 Å². The van der Waals surface area contributed by atoms with Gasteiger partial charge in [-0.3, -0.25) is 4.79 Å². The SMILES string of the molecule is [CH2][CH]CSC[C@H](N)C(=O)NCCCn1c(CNCC)nc2c(N)nc3ccccc3c21. The molecule has 0 aliphatic rings. The van der Waals surface area contributed by atoms with E-state index in [9.17, 15) is 4.79 Å². The van der Waals surface area contributed by atoms with Gasteiger partial charge < -0.3 is 26.7 Å². The fourth-order valence-electron chi connectivity index (χ4n) is 3.45. The topological polar surface area (TPSA) is 124 Å². The van der Waals surface area contributed by atoms with Gasteiger partial charge in [-0.15, -0.1) is 0 Å². The number of amides is 1. The van der Waals surface area contributed by atoms with Gasteiger partial charge in [-0.05, 0) is 38.1 Å². The molecule has 8 nitrogen and oxygen atoms in total. The second-order valence-electron chi connectivity index (χ2n) is 7.25. The van der Waals surface area contributed by atoms with Gasteiger partial charge in [-0.1, -0.05) is 25.1 Å². The number of fused-ring (bicyclic) bond motifs is 3. The number of para-hydroxylation sites is 1. The van der Waals surface area contributed by atoms with Crippen molar-refractivity contribution in [3.05, 3.63) is 43.4 Å². The minimum Gasteiger partial charge on any atom is -0.382 e. The standard InChI is InChI=1S/C22H31N7OS/c1-3-12-31-14-16(23)22(30)26-10-7-11-29-18(13-25-4-2)28-19-20(29)15-8-5-6-9-17(15)27-21(19)24/h3,5-6,8-9,16,25H,1,4,7,10-14,23H2,2H3,(H2,24,27)(H,26,30)/t16-/m0/s1. The lowest BCUT2D eigenvalue weighted by atomic mass is 10.2. The summed E-state index contributed by atoms with van der Waals surface area (Å²) < 4.78 is 2.18. The van der Waals surface area contributed by atoms with E-state index >= 15 is 0 Å². The van der Waals surface area contributed by atoms with E-state index in [1.54, 1.807) is 11.8 Å². The van der Waals surface area contributed by atoms with Crippen LogP contribution in [0.4, 0.5) is 5.82 Å². The van der Waals surface area contributed by atoms with E-state index in [0.717, 1.165) is 46.5 Å². The van der Waals surface area contributed by atoms with Gasteiger partial charge in [0.2, 0.25) is 5.91 Å². The van der Waals surface area contributed by atoms with Crippen LogP contribution >= 0.6 is 11.8 Å². The summed E-state index contributed by atoms with van der Waals surface area (Å²) in [5, 5.41) is 7.30. The van der Waals surface area contributed by atoms with Gasteiger partial charge in [-0.25, -0.2) is 9.97 Å². The monoisotopic (exact) mass is 441 g/mol. The first-order valence-electron chi connectivity index (χ1n) is 10.5. The Balaban J connectivity index is 1.75. The third-order valence-corrected chi connectivity index (χ3v) is 6.02. The van der Waals surface area contributed by atoms with E-state index in [1.165, 1.54) is 0 Å². The number of hydrogen-bond acceptors (Lipinski definition) is 7. The van der Waals surface area contributed by atoms with Gasteiger partial charge in [0, 0.05) is 24.2 Å². The number of benzene rings is 1. The Labute approximate surface area is 187 Å². The second kappa shape index (κ2) is 11.3. The molecule has 166 valence electrons. The van der Waals surface area contributed by atoms with Crippen molar-refractivity contribution in [2.75, 3.05) is 30.3 Å². The average Bonchev–Trinajstić information content (AvgIpc) is 3.14. The molecule has 2 radical (unpaired) electrons. The van der Waals surface area contributed by atoms with E-state index in [2.05, 4.69) is 34.0 Å². The van der Waals surface area contributed by atoms with Crippen LogP contribution in [0.5, 0.6) is 0 Å². The first kappa shape index (κ1) is 23.3. The maximum atomic E-state index is 12.2. The summed E-state index contributed by atoms with van der Waals surface area (Å²) in [6, 6.07) is 7.43. The number of hydrogen-bond donors (Lipinski definition) is 4. The molecule has 1 amide bonds. The smallest absolute Gasteiger partial charge is 0.237 e. The van der Waals surface area contributed by atoms with E-state index in [4.69, 9.17) is 16.5 Å². The van der Waals surface area contributed by atoms with Crippen LogP contribution in [0.15, 0.2) is 24.3 Å². The molecule has 1 atom stereocenters. The highest BCUT2D eigenvalue weighted by Gasteiger charge is 2.17. The second-order valence-corrected chi connectivity index (χ2v) is 8.32. The summed E-state index contributed by atoms with van der Waals surface area (Å²) in [6.45, 7) is 8.45. The zero-order chi connectivity index (χ0) is 22.2. The molecule has 31 heavy (non-hydrogen) atoms. The molecule has 1 aromatic carbocycles. The van der Waals surface area contributed by atoms with Crippen LogP contribution in [-0.4, -0.2) is 51.1 Å². The minimum atomic E-state index is -0.516. The molecule has 6 N–H and O–H groups in total. The molecule has 3 aromatic rings. The van der Waals surface area contributed by atoms with Crippen molar-refractivity contribution in [3.63, 3.8) is 0 Å². The zero-order valence-corrected chi connectivity index (χ0v) is 18.8. The van der Waals surface area contributed by atoms with E-state index in [0.29, 0.717) is 31.2 Å². The molecule has 0 fully saturated rings. The summed E-state index contributed by atoms with van der Waals surface area (Å²) in [5.41, 5.74) is 14.7. The number of rotatable bonds is 12. The number of aromatic nitrogens is 3. The summed E-state index contributed by atoms with van der Waals surface area (Å²) in [4.78, 5) is 21.5. The van der Waals surface area contributed by atoms with Crippen LogP contribution in [0.2, 0.25) is 0 Å². The van der Waals surface area contributed by atoms with Crippen LogP contribution in [0.3, 0.4) is 0 Å². The number of nitrogens with zero attached hydrogens (tertiary/aromatic N) is 3. The van der Waals surface area contributed by atoms with E-state index < -0.39 is 6.04 Å². The Bertz CT molecular complexity index is 1020. The Morgan fingerprint density at radius 2 is 2.16 bits per heavy atom. The maximum absolute atomic E-state index is 12.2. The third kappa shape index (κ3) is 5.66. The molecule has 0 saturated carbocycles. The lowest BCUT2D eigenvalue weighted by Crippen LogP contribution is -2.42. The van der Waals surface area contributed by atoms with Gasteiger partial charge >= 0.3 is 0 Å². The van der Waals surface area contributed by atoms with Gasteiger partial charge in [-0.2, -0.15) is 11.8 Å². The fourth-order valence-corrected chi connectivity index (χ4v) is 4.16. The number of carbonyl (C=O) groups is 1. The molecule has 0 bridgehead atoms. The predicted octanol–water partition coefficient (Wildman–Crippen LogP) is 1.88. The molecule has 9 heteroatoms. The molecular formula is C22H31N7OS. The van der Waals surface area contributed by atoms with Crippen molar-refractivity contribution < 1.29 is 4.79 Å². The van der Waals surface area contributed by atoms with Gasteiger partial charge in [0.05, 0.1) is 23.6 Å². The van der Waals surface area contributed by atoms with Crippen molar-refractivity contribution in [1.82, 2.24) is 25.2 Å². The van der Waals surface area contributed by atoms with Crippen LogP contribution in [-0.2, 0) is 17.9 Å². The Morgan fingerprint density at radius 3 is 2.94 bits per heavy atom. The number of nitrogen functional groups attached to an aromatic ring is 1. The summed E-state index contributed by atoms with van der Waals surface area (Å²) in [6.07, 6.45) is 2.56. The summed E-state index contributed by atoms with van der Waals surface area (Å²) in [7, 11) is 0. The number of aryl methyl sites for hydroxylation is 1. The van der Waals surface area contributed by atoms with E-state index in [-0.39, 0.29) is 5.91 Å². The first-order valence-corrected chi connectivity index (χ1v) is 11.7. The van der Waals surface area contributed by atoms with Crippen LogP contribution in [0.25, 0.3) is 21.9 Å². The predicted molar refractivity (Wildman–Crippen MR) is 129 cm³/mol.